The Morgan fingerprint density at radius 1 is 1.61 bits per heavy atom. The van der Waals surface area contributed by atoms with Crippen LogP contribution in [0.2, 0.25) is 0 Å². The predicted octanol–water partition coefficient (Wildman–Crippen LogP) is 0.886. The molecule has 0 fully saturated rings. The molecule has 0 unspecified atom stereocenters. The van der Waals surface area contributed by atoms with Crippen molar-refractivity contribution in [3.05, 3.63) is 28.0 Å². The summed E-state index contributed by atoms with van der Waals surface area (Å²) in [5, 5.41) is 21.6. The molecular formula is C9H12N6O3. The van der Waals surface area contributed by atoms with Gasteiger partial charge in [-0.15, -0.1) is 0 Å². The Kier molecular flexibility index (Phi) is 3.22. The van der Waals surface area contributed by atoms with Crippen molar-refractivity contribution in [3.8, 4) is 0 Å². The van der Waals surface area contributed by atoms with Crippen LogP contribution in [-0.4, -0.2) is 24.8 Å². The maximum Gasteiger partial charge on any atom is 0.333 e. The van der Waals surface area contributed by atoms with E-state index < -0.39 is 4.92 Å². The van der Waals surface area contributed by atoms with E-state index in [9.17, 15) is 10.1 Å². The lowest BCUT2D eigenvalue weighted by Gasteiger charge is -2.02. The molecule has 2 aromatic heterocycles. The van der Waals surface area contributed by atoms with E-state index in [1.165, 1.54) is 11.1 Å². The Labute approximate surface area is 102 Å². The molecule has 18 heavy (non-hydrogen) atoms. The number of aryl methyl sites for hydroxylation is 2. The van der Waals surface area contributed by atoms with Crippen LogP contribution < -0.4 is 5.32 Å². The van der Waals surface area contributed by atoms with Crippen LogP contribution in [0.4, 0.5) is 11.5 Å². The van der Waals surface area contributed by atoms with Gasteiger partial charge < -0.3 is 9.84 Å². The lowest BCUT2D eigenvalue weighted by Crippen LogP contribution is -2.07. The average molecular weight is 252 g/mol. The molecule has 0 aliphatic rings. The molecular weight excluding hydrogens is 240 g/mol. The minimum Gasteiger partial charge on any atom is -0.357 e. The summed E-state index contributed by atoms with van der Waals surface area (Å²) in [7, 11) is 1.64. The van der Waals surface area contributed by atoms with Crippen molar-refractivity contribution >= 4 is 11.5 Å². The zero-order chi connectivity index (χ0) is 13.1. The highest BCUT2D eigenvalue weighted by atomic mass is 16.6. The van der Waals surface area contributed by atoms with Gasteiger partial charge in [-0.3, -0.25) is 10.1 Å². The van der Waals surface area contributed by atoms with Crippen LogP contribution in [0.25, 0.3) is 0 Å². The summed E-state index contributed by atoms with van der Waals surface area (Å²) in [4.78, 5) is 14.4. The van der Waals surface area contributed by atoms with Crippen LogP contribution in [0.5, 0.6) is 0 Å². The first-order chi connectivity index (χ1) is 8.63. The fourth-order valence-electron chi connectivity index (χ4n) is 1.63. The summed E-state index contributed by atoms with van der Waals surface area (Å²) in [5.41, 5.74) is 0.432. The summed E-state index contributed by atoms with van der Waals surface area (Å²) in [6.45, 7) is 2.05. The Hall–Kier alpha value is -2.45. The zero-order valence-electron chi connectivity index (χ0n) is 9.95. The van der Waals surface area contributed by atoms with Crippen molar-refractivity contribution in [1.82, 2.24) is 19.9 Å². The van der Waals surface area contributed by atoms with Crippen molar-refractivity contribution < 1.29 is 9.45 Å². The number of nitrogens with zero attached hydrogens (tertiary/aromatic N) is 5. The number of hydrogen-bond acceptors (Lipinski definition) is 7. The smallest absolute Gasteiger partial charge is 0.333 e. The van der Waals surface area contributed by atoms with Gasteiger partial charge in [0, 0.05) is 7.05 Å². The van der Waals surface area contributed by atoms with E-state index in [2.05, 4.69) is 25.1 Å². The number of nitrogens with one attached hydrogen (secondary N) is 1. The van der Waals surface area contributed by atoms with Gasteiger partial charge in [-0.05, 0) is 6.42 Å². The van der Waals surface area contributed by atoms with Gasteiger partial charge in [0.15, 0.2) is 5.82 Å². The van der Waals surface area contributed by atoms with E-state index in [0.717, 1.165) is 0 Å². The highest BCUT2D eigenvalue weighted by molar-refractivity contribution is 5.59. The van der Waals surface area contributed by atoms with Gasteiger partial charge in [0.25, 0.3) is 0 Å². The summed E-state index contributed by atoms with van der Waals surface area (Å²) >= 11 is 0. The maximum atomic E-state index is 11.0. The molecule has 0 aliphatic heterocycles. The van der Waals surface area contributed by atoms with Crippen LogP contribution in [0.1, 0.15) is 18.4 Å². The van der Waals surface area contributed by atoms with Crippen molar-refractivity contribution in [2.45, 2.75) is 19.9 Å². The van der Waals surface area contributed by atoms with Gasteiger partial charge in [0.2, 0.25) is 12.2 Å². The van der Waals surface area contributed by atoms with Gasteiger partial charge in [-0.25, -0.2) is 4.68 Å². The fourth-order valence-corrected chi connectivity index (χ4v) is 1.63. The van der Waals surface area contributed by atoms with E-state index in [4.69, 9.17) is 0 Å². The minimum absolute atomic E-state index is 0.0107. The number of aromatic nitrogens is 4. The first-order valence-electron chi connectivity index (χ1n) is 5.32. The SMILES string of the molecule is CCc1nn(C)c(NCc2ncon2)c1[N+](=O)[O-]. The average Bonchev–Trinajstić information content (AvgIpc) is 2.93. The van der Waals surface area contributed by atoms with Gasteiger partial charge in [0.1, 0.15) is 5.69 Å². The van der Waals surface area contributed by atoms with Crippen molar-refractivity contribution in [2.24, 2.45) is 7.05 Å². The monoisotopic (exact) mass is 252 g/mol. The molecule has 0 aliphatic carbocycles. The Morgan fingerprint density at radius 3 is 2.94 bits per heavy atom. The molecule has 0 saturated heterocycles. The third-order valence-corrected chi connectivity index (χ3v) is 2.43. The highest BCUT2D eigenvalue weighted by Crippen LogP contribution is 2.28. The number of hydrogen-bond donors (Lipinski definition) is 1. The number of nitro groups is 1. The largest absolute Gasteiger partial charge is 0.357 e. The van der Waals surface area contributed by atoms with E-state index in [0.29, 0.717) is 23.8 Å². The summed E-state index contributed by atoms with van der Waals surface area (Å²) < 4.78 is 6.02. The van der Waals surface area contributed by atoms with Crippen LogP contribution in [0.15, 0.2) is 10.9 Å². The van der Waals surface area contributed by atoms with Crippen molar-refractivity contribution in [3.63, 3.8) is 0 Å². The number of anilines is 1. The second-order valence-electron chi connectivity index (χ2n) is 3.58. The molecule has 2 rings (SSSR count). The van der Waals surface area contributed by atoms with E-state index in [-0.39, 0.29) is 12.2 Å². The third kappa shape index (κ3) is 2.14. The van der Waals surface area contributed by atoms with Crippen molar-refractivity contribution in [1.29, 1.82) is 0 Å². The lowest BCUT2D eigenvalue weighted by molar-refractivity contribution is -0.384. The van der Waals surface area contributed by atoms with E-state index >= 15 is 0 Å². The normalized spacial score (nSPS) is 10.6. The molecule has 0 atom stereocenters. The molecule has 2 aromatic rings. The molecule has 0 aromatic carbocycles. The molecule has 9 heteroatoms. The van der Waals surface area contributed by atoms with Crippen LogP contribution >= 0.6 is 0 Å². The fraction of sp³-hybridized carbons (Fsp3) is 0.444. The molecule has 0 saturated carbocycles. The summed E-state index contributed by atoms with van der Waals surface area (Å²) in [6, 6.07) is 0. The molecule has 0 spiro atoms. The molecule has 96 valence electrons. The topological polar surface area (TPSA) is 112 Å². The Morgan fingerprint density at radius 2 is 2.39 bits per heavy atom. The summed E-state index contributed by atoms with van der Waals surface area (Å²) in [5.74, 6) is 0.755. The lowest BCUT2D eigenvalue weighted by atomic mass is 10.3. The molecule has 9 nitrogen and oxygen atoms in total. The van der Waals surface area contributed by atoms with Crippen LogP contribution in [0.3, 0.4) is 0 Å². The first-order valence-corrected chi connectivity index (χ1v) is 5.32. The quantitative estimate of drug-likeness (QED) is 0.621. The van der Waals surface area contributed by atoms with Gasteiger partial charge in [-0.2, -0.15) is 10.1 Å². The predicted molar refractivity (Wildman–Crippen MR) is 60.9 cm³/mol. The molecule has 0 bridgehead atoms. The third-order valence-electron chi connectivity index (χ3n) is 2.43. The number of rotatable bonds is 5. The minimum atomic E-state index is -0.440. The summed E-state index contributed by atoms with van der Waals surface area (Å²) in [6.07, 6.45) is 1.69. The Bertz CT molecular complexity index is 547. The van der Waals surface area contributed by atoms with Gasteiger partial charge in [0.05, 0.1) is 11.5 Å². The van der Waals surface area contributed by atoms with Gasteiger partial charge in [-0.1, -0.05) is 12.1 Å². The van der Waals surface area contributed by atoms with E-state index in [1.807, 2.05) is 6.92 Å². The first kappa shape index (κ1) is 12.0. The Balaban J connectivity index is 2.26. The van der Waals surface area contributed by atoms with Crippen LogP contribution in [-0.2, 0) is 20.0 Å². The van der Waals surface area contributed by atoms with Gasteiger partial charge >= 0.3 is 5.69 Å². The van der Waals surface area contributed by atoms with Crippen molar-refractivity contribution in [2.75, 3.05) is 5.32 Å². The molecule has 1 N–H and O–H groups in total. The standard InChI is InChI=1S/C9H12N6O3/c1-3-6-8(15(16)17)9(14(2)12-6)10-4-7-11-5-18-13-7/h5,10H,3-4H2,1-2H3. The van der Waals surface area contributed by atoms with Crippen LogP contribution in [0, 0.1) is 10.1 Å². The second kappa shape index (κ2) is 4.82. The molecule has 0 radical (unpaired) electrons. The molecule has 0 amide bonds. The second-order valence-corrected chi connectivity index (χ2v) is 3.58. The highest BCUT2D eigenvalue weighted by Gasteiger charge is 2.25. The molecule has 2 heterocycles. The van der Waals surface area contributed by atoms with E-state index in [1.54, 1.807) is 7.05 Å². The zero-order valence-corrected chi connectivity index (χ0v) is 9.95. The maximum absolute atomic E-state index is 11.0.